The summed E-state index contributed by atoms with van der Waals surface area (Å²) < 4.78 is 6.64. The number of hydrogen-bond donors (Lipinski definition) is 2. The van der Waals surface area contributed by atoms with Gasteiger partial charge in [0.05, 0.1) is 5.69 Å². The highest BCUT2D eigenvalue weighted by molar-refractivity contribution is 5.93. The number of nitrogens with zero attached hydrogens (tertiary/aromatic N) is 1. The molecule has 90 valence electrons. The van der Waals surface area contributed by atoms with Crippen LogP contribution in [-0.2, 0) is 11.8 Å². The Bertz CT molecular complexity index is 347. The van der Waals surface area contributed by atoms with Gasteiger partial charge in [-0.2, -0.15) is 0 Å². The lowest BCUT2D eigenvalue weighted by atomic mass is 10.3. The highest BCUT2D eigenvalue weighted by Crippen LogP contribution is 2.08. The summed E-state index contributed by atoms with van der Waals surface area (Å²) in [6, 6.07) is 1.67. The number of unbranched alkanes of at least 4 members (excludes halogenated alkanes) is 1. The van der Waals surface area contributed by atoms with Crippen LogP contribution in [-0.4, -0.2) is 30.7 Å². The molecule has 1 aromatic heterocycles. The van der Waals surface area contributed by atoms with Gasteiger partial charge in [-0.15, -0.1) is 0 Å². The number of aromatic nitrogens is 1. The Labute approximate surface area is 95.6 Å². The first-order valence-electron chi connectivity index (χ1n) is 5.34. The minimum atomic E-state index is -0.0865. The van der Waals surface area contributed by atoms with Crippen molar-refractivity contribution in [2.24, 2.45) is 7.05 Å². The van der Waals surface area contributed by atoms with Gasteiger partial charge in [0.15, 0.2) is 0 Å². The third-order valence-corrected chi connectivity index (χ3v) is 2.32. The van der Waals surface area contributed by atoms with Crippen LogP contribution in [0.15, 0.2) is 12.3 Å². The normalized spacial score (nSPS) is 10.4. The first-order chi connectivity index (χ1) is 7.65. The number of ether oxygens (including phenoxy) is 1. The molecule has 0 bridgehead atoms. The van der Waals surface area contributed by atoms with Crippen molar-refractivity contribution in [2.45, 2.75) is 12.8 Å². The van der Waals surface area contributed by atoms with Gasteiger partial charge in [-0.3, -0.25) is 4.79 Å². The number of nitrogens with one attached hydrogen (secondary N) is 1. The smallest absolute Gasteiger partial charge is 0.267 e. The first-order valence-corrected chi connectivity index (χ1v) is 5.34. The van der Waals surface area contributed by atoms with Crippen molar-refractivity contribution >= 4 is 11.6 Å². The number of hydrogen-bond acceptors (Lipinski definition) is 3. The molecule has 0 aliphatic rings. The standard InChI is InChI=1S/C11H19N3O2/c1-14-8-9(12)7-10(14)11(15)13-5-3-4-6-16-2/h7-8H,3-6,12H2,1-2H3,(H,13,15). The molecular formula is C11H19N3O2. The molecule has 5 heteroatoms. The van der Waals surface area contributed by atoms with E-state index in [1.807, 2.05) is 0 Å². The molecule has 1 rings (SSSR count). The molecule has 0 radical (unpaired) electrons. The van der Waals surface area contributed by atoms with Crippen LogP contribution in [0.4, 0.5) is 5.69 Å². The summed E-state index contributed by atoms with van der Waals surface area (Å²) in [7, 11) is 3.47. The quantitative estimate of drug-likeness (QED) is 0.702. The van der Waals surface area contributed by atoms with Crippen molar-refractivity contribution in [1.29, 1.82) is 0 Å². The summed E-state index contributed by atoms with van der Waals surface area (Å²) in [5.41, 5.74) is 6.79. The Morgan fingerprint density at radius 3 is 2.88 bits per heavy atom. The number of anilines is 1. The third kappa shape index (κ3) is 3.58. The van der Waals surface area contributed by atoms with Crippen molar-refractivity contribution < 1.29 is 9.53 Å². The molecule has 1 aromatic rings. The molecule has 0 aliphatic heterocycles. The minimum Gasteiger partial charge on any atom is -0.397 e. The van der Waals surface area contributed by atoms with Gasteiger partial charge < -0.3 is 20.4 Å². The molecule has 0 fully saturated rings. The molecule has 0 atom stereocenters. The summed E-state index contributed by atoms with van der Waals surface area (Å²) in [4.78, 5) is 11.7. The van der Waals surface area contributed by atoms with E-state index in [1.54, 1.807) is 31.0 Å². The van der Waals surface area contributed by atoms with Crippen molar-refractivity contribution in [2.75, 3.05) is 26.0 Å². The highest BCUT2D eigenvalue weighted by Gasteiger charge is 2.09. The van der Waals surface area contributed by atoms with Gasteiger partial charge in [0.25, 0.3) is 5.91 Å². The molecule has 0 saturated carbocycles. The van der Waals surface area contributed by atoms with Gasteiger partial charge in [-0.1, -0.05) is 0 Å². The third-order valence-electron chi connectivity index (χ3n) is 2.32. The second-order valence-corrected chi connectivity index (χ2v) is 3.73. The Morgan fingerprint density at radius 1 is 1.56 bits per heavy atom. The SMILES string of the molecule is COCCCCNC(=O)c1cc(N)cn1C. The maximum Gasteiger partial charge on any atom is 0.267 e. The van der Waals surface area contributed by atoms with Crippen molar-refractivity contribution in [1.82, 2.24) is 9.88 Å². The number of nitrogen functional groups attached to an aromatic ring is 1. The maximum atomic E-state index is 11.7. The molecule has 0 unspecified atom stereocenters. The number of carbonyl (C=O) groups excluding carboxylic acids is 1. The fourth-order valence-corrected chi connectivity index (χ4v) is 1.48. The van der Waals surface area contributed by atoms with Gasteiger partial charge in [0.2, 0.25) is 0 Å². The average Bonchev–Trinajstić information content (AvgIpc) is 2.57. The van der Waals surface area contributed by atoms with Gasteiger partial charge in [0, 0.05) is 33.5 Å². The van der Waals surface area contributed by atoms with Crippen molar-refractivity contribution in [3.8, 4) is 0 Å². The van der Waals surface area contributed by atoms with Gasteiger partial charge in [-0.05, 0) is 18.9 Å². The van der Waals surface area contributed by atoms with Gasteiger partial charge >= 0.3 is 0 Å². The number of nitrogens with two attached hydrogens (primary N) is 1. The number of rotatable bonds is 6. The van der Waals surface area contributed by atoms with Crippen LogP contribution in [0.3, 0.4) is 0 Å². The van der Waals surface area contributed by atoms with E-state index < -0.39 is 0 Å². The number of aryl methyl sites for hydroxylation is 1. The van der Waals surface area contributed by atoms with E-state index in [9.17, 15) is 4.79 Å². The van der Waals surface area contributed by atoms with Crippen LogP contribution in [0.25, 0.3) is 0 Å². The Morgan fingerprint density at radius 2 is 2.31 bits per heavy atom. The monoisotopic (exact) mass is 225 g/mol. The van der Waals surface area contributed by atoms with Crippen molar-refractivity contribution in [3.05, 3.63) is 18.0 Å². The van der Waals surface area contributed by atoms with E-state index in [4.69, 9.17) is 10.5 Å². The van der Waals surface area contributed by atoms with E-state index in [0.717, 1.165) is 19.4 Å². The molecule has 3 N–H and O–H groups in total. The summed E-state index contributed by atoms with van der Waals surface area (Å²) in [5.74, 6) is -0.0865. The van der Waals surface area contributed by atoms with E-state index >= 15 is 0 Å². The van der Waals surface area contributed by atoms with Crippen LogP contribution in [0.1, 0.15) is 23.3 Å². The van der Waals surface area contributed by atoms with E-state index in [-0.39, 0.29) is 5.91 Å². The lowest BCUT2D eigenvalue weighted by Crippen LogP contribution is -2.26. The molecule has 1 heterocycles. The summed E-state index contributed by atoms with van der Waals surface area (Å²) >= 11 is 0. The first kappa shape index (κ1) is 12.6. The van der Waals surface area contributed by atoms with Crippen LogP contribution in [0.2, 0.25) is 0 Å². The van der Waals surface area contributed by atoms with Gasteiger partial charge in [-0.25, -0.2) is 0 Å². The van der Waals surface area contributed by atoms with Gasteiger partial charge in [0.1, 0.15) is 5.69 Å². The van der Waals surface area contributed by atoms with Crippen LogP contribution < -0.4 is 11.1 Å². The molecule has 0 aliphatic carbocycles. The zero-order valence-corrected chi connectivity index (χ0v) is 9.82. The van der Waals surface area contributed by atoms with Crippen molar-refractivity contribution in [3.63, 3.8) is 0 Å². The zero-order chi connectivity index (χ0) is 12.0. The van der Waals surface area contributed by atoms with Crippen LogP contribution in [0, 0.1) is 0 Å². The van der Waals surface area contributed by atoms with E-state index in [0.29, 0.717) is 17.9 Å². The summed E-state index contributed by atoms with van der Waals surface area (Å²) in [6.45, 7) is 1.39. The minimum absolute atomic E-state index is 0.0865. The van der Waals surface area contributed by atoms with Crippen LogP contribution in [0.5, 0.6) is 0 Å². The largest absolute Gasteiger partial charge is 0.397 e. The predicted octanol–water partition coefficient (Wildman–Crippen LogP) is 0.764. The van der Waals surface area contributed by atoms with E-state index in [2.05, 4.69) is 5.32 Å². The average molecular weight is 225 g/mol. The number of amides is 1. The summed E-state index contributed by atoms with van der Waals surface area (Å²) in [6.07, 6.45) is 3.59. The molecule has 0 spiro atoms. The maximum absolute atomic E-state index is 11.7. The molecule has 16 heavy (non-hydrogen) atoms. The highest BCUT2D eigenvalue weighted by atomic mass is 16.5. The van der Waals surface area contributed by atoms with E-state index in [1.165, 1.54) is 0 Å². The zero-order valence-electron chi connectivity index (χ0n) is 9.82. The molecule has 5 nitrogen and oxygen atoms in total. The summed E-state index contributed by atoms with van der Waals surface area (Å²) in [5, 5.41) is 2.84. The fourth-order valence-electron chi connectivity index (χ4n) is 1.48. The predicted molar refractivity (Wildman–Crippen MR) is 63.3 cm³/mol. The lowest BCUT2D eigenvalue weighted by molar-refractivity contribution is 0.0943. The number of carbonyl (C=O) groups is 1. The molecule has 1 amide bonds. The number of methoxy groups -OCH3 is 1. The molecule has 0 aromatic carbocycles. The fraction of sp³-hybridized carbons (Fsp3) is 0.545. The lowest BCUT2D eigenvalue weighted by Gasteiger charge is -2.05. The Balaban J connectivity index is 2.33. The van der Waals surface area contributed by atoms with Crippen LogP contribution >= 0.6 is 0 Å². The Kier molecular flexibility index (Phi) is 4.85. The molecule has 0 saturated heterocycles. The second kappa shape index (κ2) is 6.17. The second-order valence-electron chi connectivity index (χ2n) is 3.73. The molecular weight excluding hydrogens is 206 g/mol. The Hall–Kier alpha value is -1.49. The topological polar surface area (TPSA) is 69.3 Å².